The van der Waals surface area contributed by atoms with E-state index in [9.17, 15) is 0 Å². The van der Waals surface area contributed by atoms with Gasteiger partial charge in [-0.05, 0) is 37.3 Å². The number of anilines is 1. The summed E-state index contributed by atoms with van der Waals surface area (Å²) in [6.45, 7) is 1.88. The van der Waals surface area contributed by atoms with Gasteiger partial charge < -0.3 is 10.2 Å². The van der Waals surface area contributed by atoms with Crippen LogP contribution in [0.4, 0.5) is 5.69 Å². The first-order valence-electron chi connectivity index (χ1n) is 5.81. The van der Waals surface area contributed by atoms with Gasteiger partial charge in [0.25, 0.3) is 0 Å². The highest BCUT2D eigenvalue weighted by Crippen LogP contribution is 2.27. The third kappa shape index (κ3) is 2.22. The van der Waals surface area contributed by atoms with Crippen LogP contribution < -0.4 is 5.73 Å². The van der Waals surface area contributed by atoms with Crippen LogP contribution >= 0.6 is 11.6 Å². The van der Waals surface area contributed by atoms with E-state index in [-0.39, 0.29) is 0 Å². The average Bonchev–Trinajstić information content (AvgIpc) is 2.95. The van der Waals surface area contributed by atoms with E-state index in [1.807, 2.05) is 43.3 Å². The first-order chi connectivity index (χ1) is 9.13. The summed E-state index contributed by atoms with van der Waals surface area (Å²) >= 11 is 5.97. The van der Waals surface area contributed by atoms with E-state index in [0.29, 0.717) is 22.2 Å². The lowest BCUT2D eigenvalue weighted by atomic mass is 10.3. The topological polar surface area (TPSA) is 57.0 Å². The molecule has 4 nitrogen and oxygen atoms in total. The molecule has 2 heterocycles. The van der Waals surface area contributed by atoms with Gasteiger partial charge in [0.2, 0.25) is 0 Å². The molecule has 0 amide bonds. The van der Waals surface area contributed by atoms with E-state index in [1.165, 1.54) is 0 Å². The fourth-order valence-corrected chi connectivity index (χ4v) is 2.08. The molecule has 3 aromatic rings. The molecule has 0 saturated carbocycles. The van der Waals surface area contributed by atoms with Crippen molar-refractivity contribution in [3.63, 3.8) is 0 Å². The molecule has 5 heteroatoms. The Bertz CT molecular complexity index is 730. The second-order valence-corrected chi connectivity index (χ2v) is 4.70. The van der Waals surface area contributed by atoms with Crippen molar-refractivity contribution in [3.05, 3.63) is 53.4 Å². The molecule has 0 saturated heterocycles. The minimum atomic E-state index is 0.564. The van der Waals surface area contributed by atoms with Crippen LogP contribution in [0, 0.1) is 6.92 Å². The lowest BCUT2D eigenvalue weighted by Crippen LogP contribution is -1.94. The number of aromatic nitrogens is 2. The van der Waals surface area contributed by atoms with Crippen LogP contribution in [0.5, 0.6) is 0 Å². The summed E-state index contributed by atoms with van der Waals surface area (Å²) in [6.07, 6.45) is 1.75. The second kappa shape index (κ2) is 4.48. The largest absolute Gasteiger partial charge is 0.460 e. The van der Waals surface area contributed by atoms with Gasteiger partial charge >= 0.3 is 0 Å². The Morgan fingerprint density at radius 1 is 1.26 bits per heavy atom. The minimum Gasteiger partial charge on any atom is -0.460 e. The zero-order valence-electron chi connectivity index (χ0n) is 10.3. The SMILES string of the molecule is Cc1ccc(-c2nn(-c3cccc(Cl)c3)cc2N)o1. The Hall–Kier alpha value is -2.20. The van der Waals surface area contributed by atoms with Crippen molar-refractivity contribution in [2.75, 3.05) is 5.73 Å². The summed E-state index contributed by atoms with van der Waals surface area (Å²) < 4.78 is 7.23. The van der Waals surface area contributed by atoms with E-state index in [1.54, 1.807) is 10.9 Å². The monoisotopic (exact) mass is 273 g/mol. The zero-order chi connectivity index (χ0) is 13.4. The summed E-state index contributed by atoms with van der Waals surface area (Å²) in [4.78, 5) is 0. The van der Waals surface area contributed by atoms with Crippen molar-refractivity contribution in [1.29, 1.82) is 0 Å². The molecule has 0 radical (unpaired) electrons. The minimum absolute atomic E-state index is 0.564. The number of aryl methyl sites for hydroxylation is 1. The fraction of sp³-hybridized carbons (Fsp3) is 0.0714. The van der Waals surface area contributed by atoms with Crippen LogP contribution in [0.25, 0.3) is 17.1 Å². The molecule has 96 valence electrons. The first kappa shape index (κ1) is 11.9. The zero-order valence-corrected chi connectivity index (χ0v) is 11.1. The molecule has 1 aromatic carbocycles. The van der Waals surface area contributed by atoms with Crippen LogP contribution in [-0.4, -0.2) is 9.78 Å². The van der Waals surface area contributed by atoms with E-state index in [4.69, 9.17) is 21.8 Å². The Labute approximate surface area is 115 Å². The number of benzene rings is 1. The molecule has 2 aromatic heterocycles. The van der Waals surface area contributed by atoms with Gasteiger partial charge in [0.05, 0.1) is 17.6 Å². The van der Waals surface area contributed by atoms with Gasteiger partial charge in [0.15, 0.2) is 11.5 Å². The highest BCUT2D eigenvalue weighted by atomic mass is 35.5. The molecule has 19 heavy (non-hydrogen) atoms. The third-order valence-corrected chi connectivity index (χ3v) is 3.02. The van der Waals surface area contributed by atoms with E-state index < -0.39 is 0 Å². The molecule has 0 atom stereocenters. The quantitative estimate of drug-likeness (QED) is 0.775. The number of furan rings is 1. The summed E-state index contributed by atoms with van der Waals surface area (Å²) in [5, 5.41) is 5.10. The summed E-state index contributed by atoms with van der Waals surface area (Å²) in [7, 11) is 0. The van der Waals surface area contributed by atoms with Crippen molar-refractivity contribution >= 4 is 17.3 Å². The van der Waals surface area contributed by atoms with Crippen molar-refractivity contribution in [1.82, 2.24) is 9.78 Å². The summed E-state index contributed by atoms with van der Waals surface area (Å²) in [5.41, 5.74) is 8.03. The molecule has 0 aliphatic carbocycles. The number of nitrogen functional groups attached to an aromatic ring is 1. The smallest absolute Gasteiger partial charge is 0.156 e. The van der Waals surface area contributed by atoms with Crippen LogP contribution in [0.15, 0.2) is 47.0 Å². The summed E-state index contributed by atoms with van der Waals surface area (Å²) in [6, 6.07) is 11.2. The Morgan fingerprint density at radius 3 is 2.79 bits per heavy atom. The van der Waals surface area contributed by atoms with E-state index >= 15 is 0 Å². The molecule has 0 fully saturated rings. The maximum Gasteiger partial charge on any atom is 0.156 e. The molecule has 0 spiro atoms. The van der Waals surface area contributed by atoms with Crippen molar-refractivity contribution in [2.45, 2.75) is 6.92 Å². The van der Waals surface area contributed by atoms with Gasteiger partial charge in [-0.3, -0.25) is 0 Å². The van der Waals surface area contributed by atoms with Crippen molar-refractivity contribution in [2.24, 2.45) is 0 Å². The fourth-order valence-electron chi connectivity index (χ4n) is 1.89. The molecular formula is C14H12ClN3O. The Balaban J connectivity index is 2.06. The van der Waals surface area contributed by atoms with Crippen LogP contribution in [-0.2, 0) is 0 Å². The van der Waals surface area contributed by atoms with Gasteiger partial charge in [-0.1, -0.05) is 17.7 Å². The lowest BCUT2D eigenvalue weighted by Gasteiger charge is -2.00. The molecule has 0 bridgehead atoms. The number of hydrogen-bond donors (Lipinski definition) is 1. The van der Waals surface area contributed by atoms with Crippen LogP contribution in [0.2, 0.25) is 5.02 Å². The highest BCUT2D eigenvalue weighted by molar-refractivity contribution is 6.30. The van der Waals surface area contributed by atoms with E-state index in [2.05, 4.69) is 5.10 Å². The highest BCUT2D eigenvalue weighted by Gasteiger charge is 2.12. The van der Waals surface area contributed by atoms with Crippen LogP contribution in [0.1, 0.15) is 5.76 Å². The normalized spacial score (nSPS) is 10.8. The number of hydrogen-bond acceptors (Lipinski definition) is 3. The van der Waals surface area contributed by atoms with Gasteiger partial charge in [-0.25, -0.2) is 4.68 Å². The Morgan fingerprint density at radius 2 is 2.11 bits per heavy atom. The van der Waals surface area contributed by atoms with Gasteiger partial charge in [0.1, 0.15) is 5.76 Å². The predicted molar refractivity (Wildman–Crippen MR) is 75.4 cm³/mol. The second-order valence-electron chi connectivity index (χ2n) is 4.27. The molecule has 3 rings (SSSR count). The maximum absolute atomic E-state index is 5.98. The molecule has 2 N–H and O–H groups in total. The van der Waals surface area contributed by atoms with Crippen molar-refractivity contribution in [3.8, 4) is 17.1 Å². The molecule has 0 aliphatic heterocycles. The number of halogens is 1. The molecule has 0 unspecified atom stereocenters. The number of nitrogens with zero attached hydrogens (tertiary/aromatic N) is 2. The standard InChI is InChI=1S/C14H12ClN3O/c1-9-5-6-13(19-9)14-12(16)8-18(17-14)11-4-2-3-10(15)7-11/h2-8H,16H2,1H3. The van der Waals surface area contributed by atoms with E-state index in [0.717, 1.165) is 11.4 Å². The van der Waals surface area contributed by atoms with Crippen LogP contribution in [0.3, 0.4) is 0 Å². The van der Waals surface area contributed by atoms with Gasteiger partial charge in [-0.2, -0.15) is 5.10 Å². The van der Waals surface area contributed by atoms with Crippen molar-refractivity contribution < 1.29 is 4.42 Å². The number of rotatable bonds is 2. The Kier molecular flexibility index (Phi) is 2.80. The predicted octanol–water partition coefficient (Wildman–Crippen LogP) is 3.68. The molecule has 0 aliphatic rings. The molecular weight excluding hydrogens is 262 g/mol. The number of nitrogens with two attached hydrogens (primary N) is 1. The van der Waals surface area contributed by atoms with Gasteiger partial charge in [-0.15, -0.1) is 0 Å². The first-order valence-corrected chi connectivity index (χ1v) is 6.19. The lowest BCUT2D eigenvalue weighted by molar-refractivity contribution is 0.546. The summed E-state index contributed by atoms with van der Waals surface area (Å²) in [5.74, 6) is 1.49. The average molecular weight is 274 g/mol. The maximum atomic E-state index is 5.98. The van der Waals surface area contributed by atoms with Gasteiger partial charge in [0, 0.05) is 5.02 Å². The third-order valence-electron chi connectivity index (χ3n) is 2.79.